The Morgan fingerprint density at radius 3 is 2.71 bits per heavy atom. The lowest BCUT2D eigenvalue weighted by Gasteiger charge is -2.32. The number of hydrogen-bond donors (Lipinski definition) is 1. The molecule has 0 aromatic heterocycles. The number of nitrogens with zero attached hydrogens (tertiary/aromatic N) is 1. The van der Waals surface area contributed by atoms with E-state index in [9.17, 15) is 4.79 Å². The summed E-state index contributed by atoms with van der Waals surface area (Å²) in [6.07, 6.45) is 2.18. The lowest BCUT2D eigenvalue weighted by molar-refractivity contribution is 0.0786. The molecule has 0 bridgehead atoms. The number of amides is 1. The molecule has 1 aromatic carbocycles. The van der Waals surface area contributed by atoms with E-state index < -0.39 is 0 Å². The summed E-state index contributed by atoms with van der Waals surface area (Å²) >= 11 is 0. The van der Waals surface area contributed by atoms with Gasteiger partial charge in [-0.25, -0.2) is 0 Å². The first-order valence-electron chi connectivity index (χ1n) is 6.11. The molecule has 0 radical (unpaired) electrons. The highest BCUT2D eigenvalue weighted by atomic mass is 16.2. The maximum Gasteiger partial charge on any atom is 0.259 e. The fourth-order valence-corrected chi connectivity index (χ4v) is 2.74. The van der Waals surface area contributed by atoms with Crippen molar-refractivity contribution in [2.45, 2.75) is 18.9 Å². The van der Waals surface area contributed by atoms with Crippen molar-refractivity contribution in [2.75, 3.05) is 13.1 Å². The summed E-state index contributed by atoms with van der Waals surface area (Å²) in [5, 5.41) is 3.34. The number of rotatable bonds is 1. The summed E-state index contributed by atoms with van der Waals surface area (Å²) in [6.45, 7) is 6.01. The Bertz CT molecular complexity index is 440. The number of fused-ring (bicyclic) bond motifs is 1. The molecule has 0 aliphatic carbocycles. The zero-order chi connectivity index (χ0) is 11.8. The Morgan fingerprint density at radius 2 is 2.06 bits per heavy atom. The van der Waals surface area contributed by atoms with Crippen LogP contribution in [0, 0.1) is 0 Å². The molecule has 2 aliphatic heterocycles. The van der Waals surface area contributed by atoms with Gasteiger partial charge in [0.25, 0.3) is 5.91 Å². The van der Waals surface area contributed by atoms with Gasteiger partial charge in [-0.15, -0.1) is 0 Å². The van der Waals surface area contributed by atoms with E-state index in [1.54, 1.807) is 0 Å². The Labute approximate surface area is 101 Å². The molecule has 1 saturated heterocycles. The number of piperidine rings is 1. The quantitative estimate of drug-likeness (QED) is 0.795. The van der Waals surface area contributed by atoms with Gasteiger partial charge < -0.3 is 10.2 Å². The second kappa shape index (κ2) is 4.00. The van der Waals surface area contributed by atoms with Crippen molar-refractivity contribution in [1.82, 2.24) is 10.2 Å². The standard InChI is InChI=1S/C14H16N2O/c1-10-12-6-2-3-7-13(12)14(17)16(10)11-5-4-8-15-9-11/h2-3,6-7,11,15H,1,4-5,8-9H2. The van der Waals surface area contributed by atoms with Gasteiger partial charge in [0.05, 0.1) is 0 Å². The minimum atomic E-state index is 0.110. The van der Waals surface area contributed by atoms with Crippen LogP contribution in [0.15, 0.2) is 30.8 Å². The summed E-state index contributed by atoms with van der Waals surface area (Å²) in [7, 11) is 0. The van der Waals surface area contributed by atoms with Crippen LogP contribution in [0.3, 0.4) is 0 Å². The van der Waals surface area contributed by atoms with Crippen molar-refractivity contribution in [3.05, 3.63) is 42.0 Å². The van der Waals surface area contributed by atoms with Crippen LogP contribution in [0.2, 0.25) is 0 Å². The Hall–Kier alpha value is -1.61. The molecular formula is C14H16N2O. The highest BCUT2D eigenvalue weighted by Crippen LogP contribution is 2.34. The monoisotopic (exact) mass is 228 g/mol. The summed E-state index contributed by atoms with van der Waals surface area (Å²) < 4.78 is 0. The molecule has 1 atom stereocenters. The van der Waals surface area contributed by atoms with Gasteiger partial charge in [0.1, 0.15) is 0 Å². The SMILES string of the molecule is C=C1c2ccccc2C(=O)N1C1CCCNC1. The van der Waals surface area contributed by atoms with Gasteiger partial charge in [-0.3, -0.25) is 4.79 Å². The Balaban J connectivity index is 1.94. The van der Waals surface area contributed by atoms with Crippen LogP contribution in [0.1, 0.15) is 28.8 Å². The maximum absolute atomic E-state index is 12.3. The minimum absolute atomic E-state index is 0.110. The van der Waals surface area contributed by atoms with E-state index in [0.29, 0.717) is 0 Å². The molecule has 1 N–H and O–H groups in total. The zero-order valence-electron chi connectivity index (χ0n) is 9.78. The van der Waals surface area contributed by atoms with Crippen molar-refractivity contribution in [1.29, 1.82) is 0 Å². The molecule has 2 aliphatic rings. The molecule has 3 rings (SSSR count). The molecule has 1 fully saturated rings. The lowest BCUT2D eigenvalue weighted by Crippen LogP contribution is -2.45. The number of nitrogens with one attached hydrogen (secondary N) is 1. The van der Waals surface area contributed by atoms with E-state index in [-0.39, 0.29) is 11.9 Å². The maximum atomic E-state index is 12.3. The summed E-state index contributed by atoms with van der Waals surface area (Å²) in [5.41, 5.74) is 2.64. The molecule has 1 unspecified atom stereocenters. The Kier molecular flexibility index (Phi) is 2.48. The van der Waals surface area contributed by atoms with Crippen LogP contribution in [0.5, 0.6) is 0 Å². The minimum Gasteiger partial charge on any atom is -0.315 e. The van der Waals surface area contributed by atoms with Crippen LogP contribution < -0.4 is 5.32 Å². The van der Waals surface area contributed by atoms with Gasteiger partial charge in [0.2, 0.25) is 0 Å². The molecular weight excluding hydrogens is 212 g/mol. The average molecular weight is 228 g/mol. The van der Waals surface area contributed by atoms with Gasteiger partial charge in [0, 0.05) is 29.4 Å². The Morgan fingerprint density at radius 1 is 1.29 bits per heavy atom. The topological polar surface area (TPSA) is 32.3 Å². The van der Waals surface area contributed by atoms with E-state index in [4.69, 9.17) is 0 Å². The highest BCUT2D eigenvalue weighted by Gasteiger charge is 2.35. The fourth-order valence-electron chi connectivity index (χ4n) is 2.74. The average Bonchev–Trinajstić information content (AvgIpc) is 2.64. The predicted molar refractivity (Wildman–Crippen MR) is 67.5 cm³/mol. The van der Waals surface area contributed by atoms with Crippen LogP contribution in [0.25, 0.3) is 5.70 Å². The van der Waals surface area contributed by atoms with Crippen LogP contribution in [0.4, 0.5) is 0 Å². The van der Waals surface area contributed by atoms with E-state index >= 15 is 0 Å². The first-order chi connectivity index (χ1) is 8.29. The molecule has 0 saturated carbocycles. The summed E-state index contributed by atoms with van der Waals surface area (Å²) in [5.74, 6) is 0.110. The van der Waals surface area contributed by atoms with Crippen LogP contribution in [-0.4, -0.2) is 29.9 Å². The van der Waals surface area contributed by atoms with Gasteiger partial charge in [-0.05, 0) is 25.5 Å². The molecule has 3 heteroatoms. The van der Waals surface area contributed by atoms with Crippen molar-refractivity contribution in [3.63, 3.8) is 0 Å². The van der Waals surface area contributed by atoms with Gasteiger partial charge in [-0.1, -0.05) is 24.8 Å². The predicted octanol–water partition coefficient (Wildman–Crippen LogP) is 1.87. The van der Waals surface area contributed by atoms with Crippen molar-refractivity contribution < 1.29 is 4.79 Å². The second-order valence-corrected chi connectivity index (χ2v) is 4.67. The number of hydrogen-bond acceptors (Lipinski definition) is 2. The van der Waals surface area contributed by atoms with E-state index in [1.165, 1.54) is 0 Å². The number of carbonyl (C=O) groups is 1. The molecule has 0 spiro atoms. The third-order valence-corrected chi connectivity index (χ3v) is 3.61. The number of carbonyl (C=O) groups excluding carboxylic acids is 1. The largest absolute Gasteiger partial charge is 0.315 e. The van der Waals surface area contributed by atoms with Gasteiger partial charge >= 0.3 is 0 Å². The van der Waals surface area contributed by atoms with Crippen LogP contribution in [-0.2, 0) is 0 Å². The first-order valence-corrected chi connectivity index (χ1v) is 6.11. The third kappa shape index (κ3) is 1.58. The van der Waals surface area contributed by atoms with Gasteiger partial charge in [-0.2, -0.15) is 0 Å². The van der Waals surface area contributed by atoms with E-state index in [1.807, 2.05) is 29.2 Å². The number of benzene rings is 1. The third-order valence-electron chi connectivity index (χ3n) is 3.61. The lowest BCUT2D eigenvalue weighted by atomic mass is 10.1. The smallest absolute Gasteiger partial charge is 0.259 e. The normalized spacial score (nSPS) is 24.0. The van der Waals surface area contributed by atoms with Gasteiger partial charge in [0.15, 0.2) is 0 Å². The fraction of sp³-hybridized carbons (Fsp3) is 0.357. The molecule has 3 nitrogen and oxygen atoms in total. The molecule has 1 aromatic rings. The highest BCUT2D eigenvalue weighted by molar-refractivity contribution is 6.09. The van der Waals surface area contributed by atoms with Crippen molar-refractivity contribution in [2.24, 2.45) is 0 Å². The second-order valence-electron chi connectivity index (χ2n) is 4.67. The van der Waals surface area contributed by atoms with Crippen molar-refractivity contribution in [3.8, 4) is 0 Å². The van der Waals surface area contributed by atoms with Crippen LogP contribution >= 0.6 is 0 Å². The molecule has 17 heavy (non-hydrogen) atoms. The molecule has 1 amide bonds. The van der Waals surface area contributed by atoms with E-state index in [0.717, 1.165) is 42.8 Å². The first kappa shape index (κ1) is 10.5. The summed E-state index contributed by atoms with van der Waals surface area (Å²) in [4.78, 5) is 14.2. The summed E-state index contributed by atoms with van der Waals surface area (Å²) in [6, 6.07) is 7.99. The molecule has 2 heterocycles. The zero-order valence-corrected chi connectivity index (χ0v) is 9.78. The molecule has 88 valence electrons. The van der Waals surface area contributed by atoms with Crippen molar-refractivity contribution >= 4 is 11.6 Å². The van der Waals surface area contributed by atoms with E-state index in [2.05, 4.69) is 11.9 Å².